The fraction of sp³-hybridized carbons (Fsp3) is 0.143. The first kappa shape index (κ1) is 24.3. The van der Waals surface area contributed by atoms with E-state index < -0.39 is 29.4 Å². The van der Waals surface area contributed by atoms with Crippen molar-refractivity contribution in [3.8, 4) is 11.3 Å². The first-order chi connectivity index (χ1) is 17.7. The Bertz CT molecular complexity index is 1480. The van der Waals surface area contributed by atoms with Crippen LogP contribution in [0.3, 0.4) is 0 Å². The SMILES string of the molecule is O=C(Nc1ccc(-c2cc3c(o2)CCN(C(=O)c2cccc(C(F)(F)F)c2)C3)cc1)c1cccc(F)c1. The summed E-state index contributed by atoms with van der Waals surface area (Å²) in [6.07, 6.45) is -4.09. The summed E-state index contributed by atoms with van der Waals surface area (Å²) in [4.78, 5) is 26.7. The van der Waals surface area contributed by atoms with E-state index in [2.05, 4.69) is 5.32 Å². The molecule has 9 heteroatoms. The molecule has 5 rings (SSSR count). The predicted octanol–water partition coefficient (Wildman–Crippen LogP) is 6.56. The van der Waals surface area contributed by atoms with Gasteiger partial charge in [-0.25, -0.2) is 4.39 Å². The molecule has 0 saturated carbocycles. The third-order valence-electron chi connectivity index (χ3n) is 6.10. The lowest BCUT2D eigenvalue weighted by Crippen LogP contribution is -2.35. The van der Waals surface area contributed by atoms with Gasteiger partial charge in [0.05, 0.1) is 5.56 Å². The van der Waals surface area contributed by atoms with E-state index in [1.165, 1.54) is 35.2 Å². The van der Waals surface area contributed by atoms with Gasteiger partial charge in [-0.2, -0.15) is 13.2 Å². The second-order valence-corrected chi connectivity index (χ2v) is 8.66. The maximum atomic E-state index is 13.4. The lowest BCUT2D eigenvalue weighted by Gasteiger charge is -2.26. The van der Waals surface area contributed by atoms with E-state index in [4.69, 9.17) is 4.42 Å². The van der Waals surface area contributed by atoms with E-state index in [-0.39, 0.29) is 17.7 Å². The number of furan rings is 1. The smallest absolute Gasteiger partial charge is 0.416 e. The zero-order valence-electron chi connectivity index (χ0n) is 19.3. The molecule has 1 N–H and O–H groups in total. The number of hydrogen-bond donors (Lipinski definition) is 1. The van der Waals surface area contributed by atoms with Gasteiger partial charge in [-0.05, 0) is 66.7 Å². The van der Waals surface area contributed by atoms with Crippen molar-refractivity contribution in [2.24, 2.45) is 0 Å². The molecule has 0 aliphatic carbocycles. The van der Waals surface area contributed by atoms with Crippen LogP contribution in [-0.4, -0.2) is 23.3 Å². The number of hydrogen-bond acceptors (Lipinski definition) is 3. The first-order valence-corrected chi connectivity index (χ1v) is 11.4. The lowest BCUT2D eigenvalue weighted by atomic mass is 10.0. The average molecular weight is 508 g/mol. The molecule has 2 amide bonds. The largest absolute Gasteiger partial charge is 0.461 e. The van der Waals surface area contributed by atoms with Crippen LogP contribution in [0.1, 0.15) is 37.6 Å². The molecule has 0 bridgehead atoms. The highest BCUT2D eigenvalue weighted by atomic mass is 19.4. The van der Waals surface area contributed by atoms with Gasteiger partial charge in [-0.15, -0.1) is 0 Å². The molecule has 1 aliphatic heterocycles. The highest BCUT2D eigenvalue weighted by molar-refractivity contribution is 6.04. The van der Waals surface area contributed by atoms with E-state index in [1.807, 2.05) is 0 Å². The average Bonchev–Trinajstić information content (AvgIpc) is 3.32. The Morgan fingerprint density at radius 1 is 0.892 bits per heavy atom. The molecule has 0 atom stereocenters. The van der Waals surface area contributed by atoms with Gasteiger partial charge in [0.1, 0.15) is 17.3 Å². The Morgan fingerprint density at radius 3 is 2.35 bits per heavy atom. The normalized spacial score (nSPS) is 13.2. The topological polar surface area (TPSA) is 62.6 Å². The number of alkyl halides is 3. The fourth-order valence-corrected chi connectivity index (χ4v) is 4.21. The zero-order chi connectivity index (χ0) is 26.2. The highest BCUT2D eigenvalue weighted by Crippen LogP contribution is 2.32. The molecule has 0 saturated heterocycles. The van der Waals surface area contributed by atoms with Gasteiger partial charge in [0, 0.05) is 47.5 Å². The molecule has 0 fully saturated rings. The van der Waals surface area contributed by atoms with Crippen LogP contribution in [0.25, 0.3) is 11.3 Å². The molecule has 0 spiro atoms. The third kappa shape index (κ3) is 5.25. The number of amides is 2. The first-order valence-electron chi connectivity index (χ1n) is 11.4. The van der Waals surface area contributed by atoms with Gasteiger partial charge in [-0.1, -0.05) is 12.1 Å². The summed E-state index contributed by atoms with van der Waals surface area (Å²) >= 11 is 0. The minimum Gasteiger partial charge on any atom is -0.461 e. The van der Waals surface area contributed by atoms with E-state index in [0.717, 1.165) is 29.3 Å². The summed E-state index contributed by atoms with van der Waals surface area (Å²) in [6.45, 7) is 0.537. The minimum atomic E-state index is -4.53. The summed E-state index contributed by atoms with van der Waals surface area (Å²) in [7, 11) is 0. The van der Waals surface area contributed by atoms with Gasteiger partial charge >= 0.3 is 6.18 Å². The summed E-state index contributed by atoms with van der Waals surface area (Å²) in [5, 5.41) is 2.71. The van der Waals surface area contributed by atoms with Gasteiger partial charge in [-0.3, -0.25) is 9.59 Å². The molecule has 0 unspecified atom stereocenters. The van der Waals surface area contributed by atoms with Gasteiger partial charge < -0.3 is 14.6 Å². The van der Waals surface area contributed by atoms with Crippen molar-refractivity contribution in [3.63, 3.8) is 0 Å². The Hall–Kier alpha value is -4.40. The van der Waals surface area contributed by atoms with Crippen molar-refractivity contribution in [2.75, 3.05) is 11.9 Å². The summed E-state index contributed by atoms with van der Waals surface area (Å²) in [6, 6.07) is 18.5. The molecule has 1 aliphatic rings. The number of fused-ring (bicyclic) bond motifs is 1. The van der Waals surface area contributed by atoms with Crippen molar-refractivity contribution in [2.45, 2.75) is 19.1 Å². The third-order valence-corrected chi connectivity index (χ3v) is 6.10. The molecule has 2 heterocycles. The van der Waals surface area contributed by atoms with Crippen LogP contribution >= 0.6 is 0 Å². The second-order valence-electron chi connectivity index (χ2n) is 8.66. The molecular weight excluding hydrogens is 488 g/mol. The maximum Gasteiger partial charge on any atom is 0.416 e. The predicted molar refractivity (Wildman–Crippen MR) is 128 cm³/mol. The number of carbonyl (C=O) groups excluding carboxylic acids is 2. The highest BCUT2D eigenvalue weighted by Gasteiger charge is 2.32. The van der Waals surface area contributed by atoms with Crippen molar-refractivity contribution < 1.29 is 31.6 Å². The van der Waals surface area contributed by atoms with Crippen LogP contribution in [0, 0.1) is 5.82 Å². The number of benzene rings is 3. The van der Waals surface area contributed by atoms with E-state index in [0.29, 0.717) is 30.2 Å². The van der Waals surface area contributed by atoms with Crippen LogP contribution in [-0.2, 0) is 19.1 Å². The number of anilines is 1. The number of nitrogens with one attached hydrogen (secondary N) is 1. The standard InChI is InChI=1S/C28H20F4N2O3/c29-22-6-2-3-18(14-22)26(35)33-23-9-7-17(8-10-23)25-15-20-16-34(12-11-24(20)37-25)27(36)19-4-1-5-21(13-19)28(30,31)32/h1-10,13-15H,11-12,16H2,(H,33,35). The summed E-state index contributed by atoms with van der Waals surface area (Å²) in [5.41, 5.74) is 1.37. The molecule has 3 aromatic carbocycles. The summed E-state index contributed by atoms with van der Waals surface area (Å²) < 4.78 is 58.5. The van der Waals surface area contributed by atoms with Gasteiger partial charge in [0.25, 0.3) is 11.8 Å². The number of carbonyl (C=O) groups is 2. The molecular formula is C28H20F4N2O3. The fourth-order valence-electron chi connectivity index (χ4n) is 4.21. The second kappa shape index (κ2) is 9.57. The van der Waals surface area contributed by atoms with E-state index in [9.17, 15) is 27.2 Å². The Morgan fingerprint density at radius 2 is 1.62 bits per heavy atom. The molecule has 1 aromatic heterocycles. The summed E-state index contributed by atoms with van der Waals surface area (Å²) in [5.74, 6) is -0.128. The number of nitrogens with zero attached hydrogens (tertiary/aromatic N) is 1. The van der Waals surface area contributed by atoms with Crippen molar-refractivity contribution in [3.05, 3.63) is 113 Å². The quantitative estimate of drug-likeness (QED) is 0.318. The van der Waals surface area contributed by atoms with Crippen molar-refractivity contribution in [1.82, 2.24) is 4.90 Å². The molecule has 37 heavy (non-hydrogen) atoms. The zero-order valence-corrected chi connectivity index (χ0v) is 19.3. The number of halogens is 4. The Labute approximate surface area is 209 Å². The van der Waals surface area contributed by atoms with Crippen molar-refractivity contribution in [1.29, 1.82) is 0 Å². The van der Waals surface area contributed by atoms with Crippen LogP contribution in [0.15, 0.2) is 83.3 Å². The molecule has 5 nitrogen and oxygen atoms in total. The lowest BCUT2D eigenvalue weighted by molar-refractivity contribution is -0.137. The van der Waals surface area contributed by atoms with E-state index in [1.54, 1.807) is 30.3 Å². The Balaban J connectivity index is 1.28. The van der Waals surface area contributed by atoms with Crippen LogP contribution < -0.4 is 5.32 Å². The van der Waals surface area contributed by atoms with Crippen LogP contribution in [0.2, 0.25) is 0 Å². The van der Waals surface area contributed by atoms with Gasteiger partial charge in [0.15, 0.2) is 0 Å². The monoisotopic (exact) mass is 508 g/mol. The number of rotatable bonds is 4. The molecule has 0 radical (unpaired) electrons. The molecule has 188 valence electrons. The van der Waals surface area contributed by atoms with Gasteiger partial charge in [0.2, 0.25) is 0 Å². The Kier molecular flexibility index (Phi) is 6.29. The van der Waals surface area contributed by atoms with Crippen LogP contribution in [0.4, 0.5) is 23.2 Å². The van der Waals surface area contributed by atoms with Crippen molar-refractivity contribution >= 4 is 17.5 Å². The minimum absolute atomic E-state index is 0.0159. The molecule has 4 aromatic rings. The van der Waals surface area contributed by atoms with E-state index >= 15 is 0 Å². The van der Waals surface area contributed by atoms with Crippen LogP contribution in [0.5, 0.6) is 0 Å². The maximum absolute atomic E-state index is 13.4.